The number of likely N-dealkylation sites (tertiary alicyclic amines) is 1. The van der Waals surface area contributed by atoms with Gasteiger partial charge in [-0.25, -0.2) is 4.79 Å². The minimum Gasteiger partial charge on any atom is -0.359 e. The molecule has 21 heavy (non-hydrogen) atoms. The van der Waals surface area contributed by atoms with Crippen molar-refractivity contribution in [2.45, 2.75) is 19.4 Å². The number of amides is 2. The minimum atomic E-state index is -0.0105. The highest BCUT2D eigenvalue weighted by Crippen LogP contribution is 2.14. The summed E-state index contributed by atoms with van der Waals surface area (Å²) >= 11 is 0. The molecule has 1 aromatic rings. The molecule has 1 aliphatic rings. The molecule has 2 amide bonds. The van der Waals surface area contributed by atoms with E-state index in [0.29, 0.717) is 6.54 Å². The molecular weight excluding hydrogens is 266 g/mol. The van der Waals surface area contributed by atoms with E-state index < -0.39 is 0 Å². The van der Waals surface area contributed by atoms with Crippen molar-refractivity contribution in [2.75, 3.05) is 32.5 Å². The van der Waals surface area contributed by atoms with E-state index in [-0.39, 0.29) is 6.03 Å². The third kappa shape index (κ3) is 4.37. The second-order valence-electron chi connectivity index (χ2n) is 5.00. The van der Waals surface area contributed by atoms with Crippen LogP contribution in [0.5, 0.6) is 0 Å². The third-order valence-corrected chi connectivity index (χ3v) is 3.49. The van der Waals surface area contributed by atoms with Crippen molar-refractivity contribution >= 4 is 17.7 Å². The molecule has 0 aromatic heterocycles. The predicted molar refractivity (Wildman–Crippen MR) is 85.5 cm³/mol. The first-order valence-corrected chi connectivity index (χ1v) is 7.26. The van der Waals surface area contributed by atoms with Crippen molar-refractivity contribution in [3.05, 3.63) is 29.8 Å². The lowest BCUT2D eigenvalue weighted by Gasteiger charge is -2.16. The Hall–Kier alpha value is -2.24. The van der Waals surface area contributed by atoms with Crippen LogP contribution in [0, 0.1) is 0 Å². The van der Waals surface area contributed by atoms with E-state index in [1.807, 2.05) is 36.2 Å². The Morgan fingerprint density at radius 1 is 1.33 bits per heavy atom. The molecule has 3 N–H and O–H groups in total. The summed E-state index contributed by atoms with van der Waals surface area (Å²) in [7, 11) is 3.55. The number of nitrogens with zero attached hydrogens (tertiary/aromatic N) is 2. The van der Waals surface area contributed by atoms with E-state index in [9.17, 15) is 4.79 Å². The minimum absolute atomic E-state index is 0.0105. The number of aliphatic imine (C=N–C) groups is 1. The summed E-state index contributed by atoms with van der Waals surface area (Å²) < 4.78 is 0. The number of anilines is 1. The fraction of sp³-hybridized carbons (Fsp3) is 0.467. The van der Waals surface area contributed by atoms with Crippen molar-refractivity contribution in [3.8, 4) is 0 Å². The molecule has 2 rings (SSSR count). The maximum atomic E-state index is 12.1. The molecule has 0 saturated carbocycles. The van der Waals surface area contributed by atoms with E-state index in [2.05, 4.69) is 20.9 Å². The maximum absolute atomic E-state index is 12.1. The van der Waals surface area contributed by atoms with Gasteiger partial charge in [0.25, 0.3) is 0 Å². The van der Waals surface area contributed by atoms with E-state index in [1.54, 1.807) is 7.05 Å². The van der Waals surface area contributed by atoms with E-state index >= 15 is 0 Å². The number of carbonyl (C=O) groups is 1. The molecule has 0 atom stereocenters. The summed E-state index contributed by atoms with van der Waals surface area (Å²) in [5, 5.41) is 9.11. The standard InChI is InChI=1S/C15H23N5O/c1-16-14(17-2)18-11-12-6-5-7-13(10-12)19-15(21)20-8-3-4-9-20/h5-7,10H,3-4,8-9,11H2,1-2H3,(H,19,21)(H2,16,17,18). The number of hydrogen-bond acceptors (Lipinski definition) is 2. The molecule has 114 valence electrons. The summed E-state index contributed by atoms with van der Waals surface area (Å²) in [5.41, 5.74) is 1.91. The van der Waals surface area contributed by atoms with Gasteiger partial charge in [0.15, 0.2) is 5.96 Å². The van der Waals surface area contributed by atoms with Crippen molar-refractivity contribution in [1.82, 2.24) is 15.5 Å². The molecule has 0 spiro atoms. The van der Waals surface area contributed by atoms with Gasteiger partial charge in [-0.1, -0.05) is 12.1 Å². The molecule has 6 nitrogen and oxygen atoms in total. The summed E-state index contributed by atoms with van der Waals surface area (Å²) in [6, 6.07) is 7.83. The monoisotopic (exact) mass is 289 g/mol. The maximum Gasteiger partial charge on any atom is 0.321 e. The fourth-order valence-electron chi connectivity index (χ4n) is 2.35. The fourth-order valence-corrected chi connectivity index (χ4v) is 2.35. The molecule has 0 radical (unpaired) electrons. The highest BCUT2D eigenvalue weighted by Gasteiger charge is 2.17. The molecule has 0 aliphatic carbocycles. The van der Waals surface area contributed by atoms with Gasteiger partial charge in [0.05, 0.1) is 0 Å². The Balaban J connectivity index is 1.92. The van der Waals surface area contributed by atoms with Crippen LogP contribution in [0.3, 0.4) is 0 Å². The summed E-state index contributed by atoms with van der Waals surface area (Å²) in [4.78, 5) is 18.0. The van der Waals surface area contributed by atoms with Gasteiger partial charge in [0.2, 0.25) is 0 Å². The predicted octanol–water partition coefficient (Wildman–Crippen LogP) is 1.61. The number of guanidine groups is 1. The normalized spacial score (nSPS) is 15.0. The summed E-state index contributed by atoms with van der Waals surface area (Å²) in [6.07, 6.45) is 2.20. The number of carbonyl (C=O) groups excluding carboxylic acids is 1. The van der Waals surface area contributed by atoms with Gasteiger partial charge in [-0.3, -0.25) is 4.99 Å². The van der Waals surface area contributed by atoms with Crippen molar-refractivity contribution in [1.29, 1.82) is 0 Å². The van der Waals surface area contributed by atoms with E-state index in [4.69, 9.17) is 0 Å². The second kappa shape index (κ2) is 7.52. The van der Waals surface area contributed by atoms with E-state index in [1.165, 1.54) is 0 Å². The number of hydrogen-bond donors (Lipinski definition) is 3. The van der Waals surface area contributed by atoms with Crippen LogP contribution in [0.1, 0.15) is 18.4 Å². The highest BCUT2D eigenvalue weighted by molar-refractivity contribution is 5.89. The van der Waals surface area contributed by atoms with Gasteiger partial charge in [-0.05, 0) is 30.5 Å². The lowest BCUT2D eigenvalue weighted by atomic mass is 10.2. The van der Waals surface area contributed by atoms with Gasteiger partial charge in [0, 0.05) is 39.4 Å². The first kappa shape index (κ1) is 15.2. The molecule has 1 saturated heterocycles. The van der Waals surface area contributed by atoms with Gasteiger partial charge < -0.3 is 20.9 Å². The second-order valence-corrected chi connectivity index (χ2v) is 5.00. The number of benzene rings is 1. The molecular formula is C15H23N5O. The van der Waals surface area contributed by atoms with Crippen LogP contribution in [0.4, 0.5) is 10.5 Å². The molecule has 0 bridgehead atoms. The Morgan fingerprint density at radius 2 is 2.10 bits per heavy atom. The first-order valence-electron chi connectivity index (χ1n) is 7.26. The summed E-state index contributed by atoms with van der Waals surface area (Å²) in [5.74, 6) is 0.738. The molecule has 0 unspecified atom stereocenters. The third-order valence-electron chi connectivity index (χ3n) is 3.49. The van der Waals surface area contributed by atoms with Crippen LogP contribution in [0.15, 0.2) is 29.3 Å². The topological polar surface area (TPSA) is 68.8 Å². The van der Waals surface area contributed by atoms with Crippen LogP contribution < -0.4 is 16.0 Å². The number of urea groups is 1. The van der Waals surface area contributed by atoms with Crippen LogP contribution in [-0.2, 0) is 6.54 Å². The Morgan fingerprint density at radius 3 is 2.76 bits per heavy atom. The molecule has 1 heterocycles. The van der Waals surface area contributed by atoms with Crippen LogP contribution in [-0.4, -0.2) is 44.1 Å². The Labute approximate surface area is 125 Å². The zero-order chi connectivity index (χ0) is 15.1. The average Bonchev–Trinajstić information content (AvgIpc) is 3.03. The first-order chi connectivity index (χ1) is 10.2. The summed E-state index contributed by atoms with van der Waals surface area (Å²) in [6.45, 7) is 2.36. The van der Waals surface area contributed by atoms with Crippen molar-refractivity contribution < 1.29 is 4.79 Å². The van der Waals surface area contributed by atoms with Crippen LogP contribution >= 0.6 is 0 Å². The largest absolute Gasteiger partial charge is 0.359 e. The van der Waals surface area contributed by atoms with Gasteiger partial charge in [-0.2, -0.15) is 0 Å². The number of rotatable bonds is 3. The van der Waals surface area contributed by atoms with Crippen molar-refractivity contribution in [2.24, 2.45) is 4.99 Å². The average molecular weight is 289 g/mol. The SMILES string of the molecule is CN=C(NC)NCc1cccc(NC(=O)N2CCCC2)c1. The molecule has 6 heteroatoms. The van der Waals surface area contributed by atoms with E-state index in [0.717, 1.165) is 43.1 Å². The lowest BCUT2D eigenvalue weighted by molar-refractivity contribution is 0.222. The quantitative estimate of drug-likeness (QED) is 0.585. The smallest absolute Gasteiger partial charge is 0.321 e. The molecule has 1 aliphatic heterocycles. The van der Waals surface area contributed by atoms with Gasteiger partial charge in [0.1, 0.15) is 0 Å². The lowest BCUT2D eigenvalue weighted by Crippen LogP contribution is -2.34. The van der Waals surface area contributed by atoms with Crippen molar-refractivity contribution in [3.63, 3.8) is 0 Å². The van der Waals surface area contributed by atoms with Crippen LogP contribution in [0.25, 0.3) is 0 Å². The molecule has 1 fully saturated rings. The Bertz CT molecular complexity index is 509. The Kier molecular flexibility index (Phi) is 5.43. The van der Waals surface area contributed by atoms with Crippen LogP contribution in [0.2, 0.25) is 0 Å². The zero-order valence-corrected chi connectivity index (χ0v) is 12.6. The van der Waals surface area contributed by atoms with Gasteiger partial charge >= 0.3 is 6.03 Å². The zero-order valence-electron chi connectivity index (χ0n) is 12.6. The van der Waals surface area contributed by atoms with Gasteiger partial charge in [-0.15, -0.1) is 0 Å². The molecule has 1 aromatic carbocycles. The number of nitrogens with one attached hydrogen (secondary N) is 3. The highest BCUT2D eigenvalue weighted by atomic mass is 16.2.